The Kier molecular flexibility index (Phi) is 4.46. The van der Waals surface area contributed by atoms with Crippen molar-refractivity contribution in [1.29, 1.82) is 0 Å². The Bertz CT molecular complexity index is 386. The second-order valence-corrected chi connectivity index (χ2v) is 4.35. The maximum atomic E-state index is 11.5. The summed E-state index contributed by atoms with van der Waals surface area (Å²) in [4.78, 5) is 11.5. The van der Waals surface area contributed by atoms with Gasteiger partial charge >= 0.3 is 0 Å². The lowest BCUT2D eigenvalue weighted by Crippen LogP contribution is -2.38. The maximum absolute atomic E-state index is 11.5. The van der Waals surface area contributed by atoms with E-state index in [1.165, 1.54) is 6.42 Å². The van der Waals surface area contributed by atoms with Crippen molar-refractivity contribution in [2.45, 2.75) is 25.8 Å². The third kappa shape index (κ3) is 3.40. The lowest BCUT2D eigenvalue weighted by molar-refractivity contribution is 0.0950. The van der Waals surface area contributed by atoms with Crippen LogP contribution < -0.4 is 16.0 Å². The molecule has 1 saturated heterocycles. The predicted molar refractivity (Wildman–Crippen MR) is 69.6 cm³/mol. The molecule has 0 aliphatic carbocycles. The van der Waals surface area contributed by atoms with Gasteiger partial charge in [0.1, 0.15) is 5.82 Å². The molecule has 1 atom stereocenters. The molecule has 2 heterocycles. The first-order chi connectivity index (χ1) is 8.79. The van der Waals surface area contributed by atoms with E-state index >= 15 is 0 Å². The molecule has 1 unspecified atom stereocenters. The van der Waals surface area contributed by atoms with Gasteiger partial charge in [0.15, 0.2) is 5.69 Å². The van der Waals surface area contributed by atoms with Gasteiger partial charge in [-0.05, 0) is 38.4 Å². The fourth-order valence-electron chi connectivity index (χ4n) is 1.97. The molecule has 0 spiro atoms. The van der Waals surface area contributed by atoms with Crippen LogP contribution in [0.5, 0.6) is 0 Å². The van der Waals surface area contributed by atoms with Crippen molar-refractivity contribution in [2.75, 3.05) is 25.0 Å². The zero-order valence-corrected chi connectivity index (χ0v) is 10.6. The number of amides is 1. The van der Waals surface area contributed by atoms with Crippen LogP contribution in [0.3, 0.4) is 0 Å². The fourth-order valence-corrected chi connectivity index (χ4v) is 1.97. The topological polar surface area (TPSA) is 78.9 Å². The Morgan fingerprint density at radius 1 is 1.50 bits per heavy atom. The monoisotopic (exact) mass is 249 g/mol. The molecule has 0 aromatic carbocycles. The molecule has 1 amide bonds. The molecule has 1 aliphatic rings. The minimum atomic E-state index is -0.184. The average molecular weight is 249 g/mol. The Morgan fingerprint density at radius 3 is 3.00 bits per heavy atom. The van der Waals surface area contributed by atoms with Gasteiger partial charge in [-0.1, -0.05) is 0 Å². The molecule has 3 N–H and O–H groups in total. The van der Waals surface area contributed by atoms with Crippen molar-refractivity contribution >= 4 is 11.7 Å². The smallest absolute Gasteiger partial charge is 0.271 e. The van der Waals surface area contributed by atoms with Crippen LogP contribution in [0, 0.1) is 0 Å². The molecule has 6 nitrogen and oxygen atoms in total. The summed E-state index contributed by atoms with van der Waals surface area (Å²) >= 11 is 0. The second kappa shape index (κ2) is 6.30. The number of hydrogen-bond donors (Lipinski definition) is 3. The van der Waals surface area contributed by atoms with Crippen molar-refractivity contribution < 1.29 is 4.79 Å². The molecule has 18 heavy (non-hydrogen) atoms. The van der Waals surface area contributed by atoms with Gasteiger partial charge in [-0.25, -0.2) is 0 Å². The zero-order valence-electron chi connectivity index (χ0n) is 10.6. The van der Waals surface area contributed by atoms with E-state index in [0.29, 0.717) is 18.3 Å². The van der Waals surface area contributed by atoms with Crippen LogP contribution in [0.2, 0.25) is 0 Å². The maximum Gasteiger partial charge on any atom is 0.271 e. The third-order valence-corrected chi connectivity index (χ3v) is 2.88. The number of carbonyl (C=O) groups is 1. The molecule has 0 saturated carbocycles. The van der Waals surface area contributed by atoms with Crippen LogP contribution in [-0.4, -0.2) is 41.8 Å². The molecule has 0 radical (unpaired) electrons. The second-order valence-electron chi connectivity index (χ2n) is 4.35. The van der Waals surface area contributed by atoms with Crippen molar-refractivity contribution in [3.8, 4) is 0 Å². The number of hydrogen-bond acceptors (Lipinski definition) is 5. The van der Waals surface area contributed by atoms with Gasteiger partial charge in [-0.2, -0.15) is 0 Å². The number of nitrogens with zero attached hydrogens (tertiary/aromatic N) is 2. The largest absolute Gasteiger partial charge is 0.365 e. The van der Waals surface area contributed by atoms with E-state index in [1.54, 1.807) is 12.1 Å². The quantitative estimate of drug-likeness (QED) is 0.719. The van der Waals surface area contributed by atoms with E-state index in [0.717, 1.165) is 25.3 Å². The number of nitrogens with one attached hydrogen (secondary N) is 3. The fraction of sp³-hybridized carbons (Fsp3) is 0.583. The summed E-state index contributed by atoms with van der Waals surface area (Å²) in [6.45, 7) is 4.49. The molecule has 1 fully saturated rings. The first kappa shape index (κ1) is 12.8. The highest BCUT2D eigenvalue weighted by molar-refractivity contribution is 5.92. The minimum absolute atomic E-state index is 0.184. The van der Waals surface area contributed by atoms with Crippen molar-refractivity contribution in [2.24, 2.45) is 0 Å². The molecular formula is C12H19N5O. The summed E-state index contributed by atoms with van der Waals surface area (Å²) in [5.74, 6) is 0.535. The van der Waals surface area contributed by atoms with E-state index in [4.69, 9.17) is 0 Å². The average Bonchev–Trinajstić information content (AvgIpc) is 2.41. The first-order valence-electron chi connectivity index (χ1n) is 6.38. The van der Waals surface area contributed by atoms with Crippen LogP contribution in [0.25, 0.3) is 0 Å². The third-order valence-electron chi connectivity index (χ3n) is 2.88. The number of piperidine rings is 1. The Morgan fingerprint density at radius 2 is 2.39 bits per heavy atom. The van der Waals surface area contributed by atoms with Gasteiger partial charge in [0, 0.05) is 19.1 Å². The van der Waals surface area contributed by atoms with Crippen LogP contribution in [0.4, 0.5) is 5.82 Å². The highest BCUT2D eigenvalue weighted by atomic mass is 16.1. The Balaban J connectivity index is 1.92. The number of rotatable bonds is 4. The zero-order chi connectivity index (χ0) is 12.8. The van der Waals surface area contributed by atoms with Gasteiger partial charge in [0.05, 0.1) is 0 Å². The van der Waals surface area contributed by atoms with Gasteiger partial charge in [-0.15, -0.1) is 10.2 Å². The Labute approximate surface area is 107 Å². The molecule has 1 aromatic heterocycles. The van der Waals surface area contributed by atoms with Crippen LogP contribution in [-0.2, 0) is 0 Å². The van der Waals surface area contributed by atoms with E-state index in [2.05, 4.69) is 26.1 Å². The molecule has 2 rings (SSSR count). The highest BCUT2D eigenvalue weighted by Gasteiger charge is 2.13. The summed E-state index contributed by atoms with van der Waals surface area (Å²) in [6.07, 6.45) is 2.30. The van der Waals surface area contributed by atoms with Gasteiger partial charge in [0.25, 0.3) is 5.91 Å². The Hall–Kier alpha value is -1.69. The summed E-state index contributed by atoms with van der Waals surface area (Å²) < 4.78 is 0. The lowest BCUT2D eigenvalue weighted by atomic mass is 10.1. The van der Waals surface area contributed by atoms with Crippen LogP contribution in [0.1, 0.15) is 30.3 Å². The van der Waals surface area contributed by atoms with Gasteiger partial charge in [0.2, 0.25) is 0 Å². The summed E-state index contributed by atoms with van der Waals surface area (Å²) in [6, 6.07) is 3.88. The van der Waals surface area contributed by atoms with E-state index in [1.807, 2.05) is 6.92 Å². The SMILES string of the molecule is CCNC(=O)c1ccc(NC2CCCNC2)nn1. The standard InChI is InChI=1S/C12H19N5O/c1-2-14-12(18)10-5-6-11(17-16-10)15-9-4-3-7-13-8-9/h5-6,9,13H,2-4,7-8H2,1H3,(H,14,18)(H,15,17). The lowest BCUT2D eigenvalue weighted by Gasteiger charge is -2.23. The van der Waals surface area contributed by atoms with Gasteiger partial charge in [-0.3, -0.25) is 4.79 Å². The number of anilines is 1. The summed E-state index contributed by atoms with van der Waals surface area (Å²) in [7, 11) is 0. The van der Waals surface area contributed by atoms with E-state index in [-0.39, 0.29) is 5.91 Å². The molecule has 98 valence electrons. The summed E-state index contributed by atoms with van der Waals surface area (Å²) in [5, 5.41) is 17.3. The number of carbonyl (C=O) groups excluding carboxylic acids is 1. The summed E-state index contributed by atoms with van der Waals surface area (Å²) in [5.41, 5.74) is 0.351. The van der Waals surface area contributed by atoms with E-state index < -0.39 is 0 Å². The van der Waals surface area contributed by atoms with Crippen LogP contribution in [0.15, 0.2) is 12.1 Å². The van der Waals surface area contributed by atoms with Crippen molar-refractivity contribution in [1.82, 2.24) is 20.8 Å². The van der Waals surface area contributed by atoms with E-state index in [9.17, 15) is 4.79 Å². The predicted octanol–water partition coefficient (Wildman–Crippen LogP) is 0.390. The molecule has 0 bridgehead atoms. The molecule has 1 aliphatic heterocycles. The molecule has 1 aromatic rings. The minimum Gasteiger partial charge on any atom is -0.365 e. The number of aromatic nitrogens is 2. The normalized spacial score (nSPS) is 19.3. The van der Waals surface area contributed by atoms with Crippen LogP contribution >= 0.6 is 0 Å². The molecule has 6 heteroatoms. The molecular weight excluding hydrogens is 230 g/mol. The van der Waals surface area contributed by atoms with Gasteiger partial charge < -0.3 is 16.0 Å². The first-order valence-corrected chi connectivity index (χ1v) is 6.38. The van der Waals surface area contributed by atoms with Crippen molar-refractivity contribution in [3.05, 3.63) is 17.8 Å². The highest BCUT2D eigenvalue weighted by Crippen LogP contribution is 2.09. The van der Waals surface area contributed by atoms with Crippen molar-refractivity contribution in [3.63, 3.8) is 0 Å².